The third kappa shape index (κ3) is 6.55. The van der Waals surface area contributed by atoms with Crippen LogP contribution in [-0.2, 0) is 30.9 Å². The summed E-state index contributed by atoms with van der Waals surface area (Å²) in [5.41, 5.74) is 4.39. The van der Waals surface area contributed by atoms with Gasteiger partial charge in [0.25, 0.3) is 5.56 Å². The van der Waals surface area contributed by atoms with Crippen LogP contribution in [-0.4, -0.2) is 38.7 Å². The number of hydrogen-bond donors (Lipinski definition) is 1. The van der Waals surface area contributed by atoms with E-state index >= 15 is 0 Å². The molecule has 0 bridgehead atoms. The first-order valence-electron chi connectivity index (χ1n) is 14.2. The van der Waals surface area contributed by atoms with Crippen LogP contribution in [0.25, 0.3) is 5.69 Å². The van der Waals surface area contributed by atoms with Crippen molar-refractivity contribution in [3.05, 3.63) is 118 Å². The predicted molar refractivity (Wildman–Crippen MR) is 161 cm³/mol. The lowest BCUT2D eigenvalue weighted by Gasteiger charge is -2.30. The predicted octanol–water partition coefficient (Wildman–Crippen LogP) is 5.13. The van der Waals surface area contributed by atoms with Crippen molar-refractivity contribution in [2.75, 3.05) is 13.1 Å². The molecule has 41 heavy (non-hydrogen) atoms. The van der Waals surface area contributed by atoms with Gasteiger partial charge in [-0.05, 0) is 48.2 Å². The van der Waals surface area contributed by atoms with Crippen LogP contribution in [0.2, 0.25) is 0 Å². The summed E-state index contributed by atoms with van der Waals surface area (Å²) in [7, 11) is 0. The van der Waals surface area contributed by atoms with Crippen LogP contribution >= 0.6 is 11.8 Å². The zero-order valence-electron chi connectivity index (χ0n) is 23.0. The Labute approximate surface area is 244 Å². The van der Waals surface area contributed by atoms with E-state index in [9.17, 15) is 9.59 Å². The first kappa shape index (κ1) is 27.3. The molecule has 210 valence electrons. The van der Waals surface area contributed by atoms with Crippen molar-refractivity contribution in [2.24, 2.45) is 0 Å². The molecule has 0 atom stereocenters. The molecule has 0 saturated heterocycles. The van der Waals surface area contributed by atoms with Crippen molar-refractivity contribution < 1.29 is 9.53 Å². The first-order valence-corrected chi connectivity index (χ1v) is 15.1. The summed E-state index contributed by atoms with van der Waals surface area (Å²) in [6.45, 7) is 2.16. The van der Waals surface area contributed by atoms with Gasteiger partial charge in [-0.15, -0.1) is 0 Å². The maximum absolute atomic E-state index is 13.8. The highest BCUT2D eigenvalue weighted by molar-refractivity contribution is 7.99. The number of thioether (sulfide) groups is 1. The van der Waals surface area contributed by atoms with Crippen molar-refractivity contribution in [1.82, 2.24) is 19.8 Å². The van der Waals surface area contributed by atoms with Gasteiger partial charge in [0.05, 0.1) is 30.0 Å². The fourth-order valence-electron chi connectivity index (χ4n) is 5.05. The van der Waals surface area contributed by atoms with Gasteiger partial charge in [-0.3, -0.25) is 14.2 Å². The van der Waals surface area contributed by atoms with E-state index in [4.69, 9.17) is 9.72 Å². The number of rotatable bonds is 10. The molecular weight excluding hydrogens is 532 g/mol. The molecule has 2 heterocycles. The smallest absolute Gasteiger partial charge is 0.264 e. The Morgan fingerprint density at radius 2 is 1.66 bits per heavy atom. The summed E-state index contributed by atoms with van der Waals surface area (Å²) >= 11 is 1.71. The van der Waals surface area contributed by atoms with E-state index in [0.717, 1.165) is 46.3 Å². The van der Waals surface area contributed by atoms with Crippen molar-refractivity contribution in [3.63, 3.8) is 0 Å². The van der Waals surface area contributed by atoms with Crippen LogP contribution in [0, 0.1) is 0 Å². The van der Waals surface area contributed by atoms with Gasteiger partial charge in [-0.25, -0.2) is 4.98 Å². The van der Waals surface area contributed by atoms with Gasteiger partial charge in [0.1, 0.15) is 12.4 Å². The molecule has 6 rings (SSSR count). The molecule has 1 aliphatic heterocycles. The quantitative estimate of drug-likeness (QED) is 0.268. The maximum atomic E-state index is 13.8. The summed E-state index contributed by atoms with van der Waals surface area (Å²) in [5, 5.41) is 4.55. The molecule has 3 aromatic carbocycles. The molecule has 1 N–H and O–H groups in total. The van der Waals surface area contributed by atoms with Gasteiger partial charge in [0.15, 0.2) is 5.16 Å². The Bertz CT molecular complexity index is 1540. The average molecular weight is 567 g/mol. The lowest BCUT2D eigenvalue weighted by Crippen LogP contribution is -2.44. The number of aromatic nitrogens is 2. The number of nitrogens with zero attached hydrogens (tertiary/aromatic N) is 3. The van der Waals surface area contributed by atoms with Crippen LogP contribution < -0.4 is 15.6 Å². The summed E-state index contributed by atoms with van der Waals surface area (Å²) < 4.78 is 7.55. The Morgan fingerprint density at radius 1 is 0.951 bits per heavy atom. The van der Waals surface area contributed by atoms with Crippen LogP contribution in [0.3, 0.4) is 0 Å². The van der Waals surface area contributed by atoms with Crippen LogP contribution in [0.4, 0.5) is 0 Å². The number of hydrogen-bond acceptors (Lipinski definition) is 6. The summed E-state index contributed by atoms with van der Waals surface area (Å²) in [4.78, 5) is 33.6. The number of benzene rings is 3. The lowest BCUT2D eigenvalue weighted by molar-refractivity contribution is -0.131. The molecule has 1 aliphatic carbocycles. The highest BCUT2D eigenvalue weighted by Crippen LogP contribution is 2.36. The second-order valence-corrected chi connectivity index (χ2v) is 11.8. The number of amides is 1. The molecule has 1 fully saturated rings. The van der Waals surface area contributed by atoms with Gasteiger partial charge < -0.3 is 15.0 Å². The summed E-state index contributed by atoms with van der Waals surface area (Å²) in [6, 6.07) is 27.7. The molecule has 0 unspecified atom stereocenters. The Hall–Kier alpha value is -3.88. The number of fused-ring (bicyclic) bond motifs is 1. The molecule has 1 saturated carbocycles. The summed E-state index contributed by atoms with van der Waals surface area (Å²) in [6.07, 6.45) is 4.15. The minimum atomic E-state index is -0.0650. The average Bonchev–Trinajstić information content (AvgIpc) is 2.99. The highest BCUT2D eigenvalue weighted by atomic mass is 32.2. The van der Waals surface area contributed by atoms with Crippen molar-refractivity contribution in [2.45, 2.75) is 55.8 Å². The zero-order valence-corrected chi connectivity index (χ0v) is 23.8. The first-order chi connectivity index (χ1) is 20.1. The fraction of sp³-hybridized carbons (Fsp3) is 0.303. The Morgan fingerprint density at radius 3 is 2.37 bits per heavy atom. The van der Waals surface area contributed by atoms with E-state index in [2.05, 4.69) is 17.4 Å². The summed E-state index contributed by atoms with van der Waals surface area (Å²) in [5.74, 6) is 0.835. The molecule has 4 aromatic rings. The molecule has 2 aliphatic rings. The normalized spacial score (nSPS) is 14.8. The van der Waals surface area contributed by atoms with Crippen LogP contribution in [0.5, 0.6) is 5.75 Å². The Kier molecular flexibility index (Phi) is 8.49. The number of carbonyl (C=O) groups excluding carboxylic acids is 1. The number of ether oxygens (including phenoxy) is 1. The molecule has 0 spiro atoms. The SMILES string of the molecule is O=C(CNCc1ccc(COc2ccccc2)cc1)N1CCc2nc(SC3CCC3)n(-c3ccccc3)c(=O)c2C1. The molecule has 7 nitrogen and oxygen atoms in total. The van der Waals surface area contributed by atoms with Gasteiger partial charge in [-0.2, -0.15) is 0 Å². The van der Waals surface area contributed by atoms with Crippen molar-refractivity contribution in [1.29, 1.82) is 0 Å². The van der Waals surface area contributed by atoms with Gasteiger partial charge in [0.2, 0.25) is 5.91 Å². The van der Waals surface area contributed by atoms with Gasteiger partial charge in [-0.1, -0.05) is 78.8 Å². The zero-order chi connectivity index (χ0) is 28.0. The van der Waals surface area contributed by atoms with E-state index < -0.39 is 0 Å². The molecule has 1 amide bonds. The van der Waals surface area contributed by atoms with E-state index in [1.807, 2.05) is 72.8 Å². The Balaban J connectivity index is 1.07. The maximum Gasteiger partial charge on any atom is 0.264 e. The molecule has 1 aromatic heterocycles. The van der Waals surface area contributed by atoms with Crippen LogP contribution in [0.1, 0.15) is 41.6 Å². The van der Waals surface area contributed by atoms with Crippen molar-refractivity contribution >= 4 is 17.7 Å². The number of para-hydroxylation sites is 2. The monoisotopic (exact) mass is 566 g/mol. The van der Waals surface area contributed by atoms with Gasteiger partial charge >= 0.3 is 0 Å². The lowest BCUT2D eigenvalue weighted by atomic mass is 10.0. The number of nitrogens with one attached hydrogen (secondary N) is 1. The second kappa shape index (κ2) is 12.7. The van der Waals surface area contributed by atoms with Crippen LogP contribution in [0.15, 0.2) is 94.9 Å². The highest BCUT2D eigenvalue weighted by Gasteiger charge is 2.28. The standard InChI is InChI=1S/C33H34N4O3S/c38-31(21-34-20-24-14-16-25(17-15-24)23-40-27-10-5-2-6-11-27)36-19-18-30-29(22-36)32(39)37(26-8-3-1-4-9-26)33(35-30)41-28-12-7-13-28/h1-6,8-11,14-17,28,34H,7,12-13,18-23H2. The third-order valence-corrected chi connectivity index (χ3v) is 8.96. The second-order valence-electron chi connectivity index (χ2n) is 10.6. The van der Waals surface area contributed by atoms with Gasteiger partial charge in [0, 0.05) is 24.8 Å². The largest absolute Gasteiger partial charge is 0.489 e. The van der Waals surface area contributed by atoms with E-state index in [-0.39, 0.29) is 18.0 Å². The minimum absolute atomic E-state index is 0.0119. The van der Waals surface area contributed by atoms with E-state index in [1.54, 1.807) is 21.2 Å². The van der Waals surface area contributed by atoms with E-state index in [1.165, 1.54) is 6.42 Å². The van der Waals surface area contributed by atoms with E-state index in [0.29, 0.717) is 43.5 Å². The molecular formula is C33H34N4O3S. The molecule has 0 radical (unpaired) electrons. The number of carbonyl (C=O) groups is 1. The molecule has 8 heteroatoms. The fourth-order valence-corrected chi connectivity index (χ4v) is 6.38. The third-order valence-electron chi connectivity index (χ3n) is 7.67. The minimum Gasteiger partial charge on any atom is -0.489 e. The topological polar surface area (TPSA) is 76.5 Å². The van der Waals surface area contributed by atoms with Crippen molar-refractivity contribution in [3.8, 4) is 11.4 Å².